The minimum Gasteiger partial charge on any atom is -0.0692 e. The molecule has 0 aromatic carbocycles. The molecule has 0 N–H and O–H groups in total. The van der Waals surface area contributed by atoms with E-state index in [1.807, 2.05) is 0 Å². The van der Waals surface area contributed by atoms with Crippen LogP contribution in [-0.4, -0.2) is 8.07 Å². The molecule has 0 unspecified atom stereocenters. The van der Waals surface area contributed by atoms with E-state index in [4.69, 9.17) is 0 Å². The van der Waals surface area contributed by atoms with E-state index in [-0.39, 0.29) is 0 Å². The van der Waals surface area contributed by atoms with Gasteiger partial charge >= 0.3 is 0 Å². The summed E-state index contributed by atoms with van der Waals surface area (Å²) >= 11 is 0. The molecule has 1 aliphatic carbocycles. The summed E-state index contributed by atoms with van der Waals surface area (Å²) in [6, 6.07) is 0. The van der Waals surface area contributed by atoms with Gasteiger partial charge in [0.2, 0.25) is 0 Å². The first-order chi connectivity index (χ1) is 4.11. The van der Waals surface area contributed by atoms with Gasteiger partial charge in [0.05, 0.1) is 8.07 Å². The van der Waals surface area contributed by atoms with Crippen LogP contribution in [0.3, 0.4) is 0 Å². The zero-order chi connectivity index (χ0) is 6.91. The molecule has 1 radical (unpaired) electrons. The molecule has 0 aromatic rings. The van der Waals surface area contributed by atoms with Crippen molar-refractivity contribution >= 4 is 8.07 Å². The van der Waals surface area contributed by atoms with Gasteiger partial charge in [-0.2, -0.15) is 0 Å². The third kappa shape index (κ3) is 1.82. The van der Waals surface area contributed by atoms with E-state index in [0.29, 0.717) is 0 Å². The third-order valence-electron chi connectivity index (χ3n) is 2.46. The highest BCUT2D eigenvalue weighted by Gasteiger charge is 2.28. The van der Waals surface area contributed by atoms with Crippen LogP contribution in [0.15, 0.2) is 0 Å². The van der Waals surface area contributed by atoms with Gasteiger partial charge in [0.15, 0.2) is 0 Å². The van der Waals surface area contributed by atoms with Gasteiger partial charge in [-0.1, -0.05) is 45.3 Å². The summed E-state index contributed by atoms with van der Waals surface area (Å²) in [5.74, 6) is 0. The molecule has 1 aliphatic rings. The maximum Gasteiger partial charge on any atom is 0.0502 e. The predicted octanol–water partition coefficient (Wildman–Crippen LogP) is 3.01. The zero-order valence-corrected chi connectivity index (χ0v) is 7.61. The van der Waals surface area contributed by atoms with Crippen LogP contribution in [0.4, 0.5) is 0 Å². The van der Waals surface area contributed by atoms with Crippen LogP contribution in [0, 0.1) is 6.55 Å². The van der Waals surface area contributed by atoms with E-state index in [1.165, 1.54) is 25.7 Å². The van der Waals surface area contributed by atoms with E-state index in [2.05, 4.69) is 19.6 Å². The van der Waals surface area contributed by atoms with E-state index >= 15 is 0 Å². The second-order valence-electron chi connectivity index (χ2n) is 3.97. The van der Waals surface area contributed by atoms with E-state index in [1.54, 1.807) is 0 Å². The summed E-state index contributed by atoms with van der Waals surface area (Å²) in [4.78, 5) is 0. The van der Waals surface area contributed by atoms with Gasteiger partial charge in [0.25, 0.3) is 0 Å². The maximum atomic E-state index is 4.29. The molecule has 0 saturated heterocycles. The van der Waals surface area contributed by atoms with Crippen molar-refractivity contribution < 1.29 is 0 Å². The predicted molar refractivity (Wildman–Crippen MR) is 45.1 cm³/mol. The van der Waals surface area contributed by atoms with Gasteiger partial charge < -0.3 is 0 Å². The molecule has 0 bridgehead atoms. The van der Waals surface area contributed by atoms with Crippen molar-refractivity contribution in [2.45, 2.75) is 44.3 Å². The highest BCUT2D eigenvalue weighted by atomic mass is 28.3. The fraction of sp³-hybridized carbons (Fsp3) is 0.875. The third-order valence-corrected chi connectivity index (χ3v) is 5.25. The summed E-state index contributed by atoms with van der Waals surface area (Å²) in [5.41, 5.74) is 1.04. The lowest BCUT2D eigenvalue weighted by molar-refractivity contribution is 0.844. The highest BCUT2D eigenvalue weighted by molar-refractivity contribution is 6.80. The quantitative estimate of drug-likeness (QED) is 0.492. The summed E-state index contributed by atoms with van der Waals surface area (Å²) in [7, 11) is -0.974. The van der Waals surface area contributed by atoms with E-state index in [9.17, 15) is 0 Å². The molecule has 1 heteroatoms. The van der Waals surface area contributed by atoms with Crippen LogP contribution >= 0.6 is 0 Å². The Balaban J connectivity index is 2.42. The molecular weight excluding hydrogens is 124 g/mol. The summed E-state index contributed by atoms with van der Waals surface area (Å²) in [5, 5.41) is 0. The van der Waals surface area contributed by atoms with Gasteiger partial charge in [-0.15, -0.1) is 0 Å². The molecule has 0 aliphatic heterocycles. The molecule has 0 spiro atoms. The van der Waals surface area contributed by atoms with Crippen molar-refractivity contribution in [2.24, 2.45) is 0 Å². The Bertz CT molecular complexity index is 85.2. The van der Waals surface area contributed by atoms with Crippen LogP contribution in [0.5, 0.6) is 0 Å². The smallest absolute Gasteiger partial charge is 0.0502 e. The lowest BCUT2D eigenvalue weighted by Crippen LogP contribution is -2.26. The molecule has 0 amide bonds. The van der Waals surface area contributed by atoms with Gasteiger partial charge in [0.1, 0.15) is 0 Å². The normalized spacial score (nSPS) is 23.0. The zero-order valence-electron chi connectivity index (χ0n) is 6.61. The molecule has 53 valence electrons. The van der Waals surface area contributed by atoms with Crippen molar-refractivity contribution in [3.05, 3.63) is 6.55 Å². The topological polar surface area (TPSA) is 0 Å². The highest BCUT2D eigenvalue weighted by Crippen LogP contribution is 2.37. The Hall–Kier alpha value is 0.217. The Morgan fingerprint density at radius 3 is 1.89 bits per heavy atom. The summed E-state index contributed by atoms with van der Waals surface area (Å²) in [6.07, 6.45) is 5.89. The Morgan fingerprint density at radius 1 is 1.22 bits per heavy atom. The molecule has 9 heavy (non-hydrogen) atoms. The van der Waals surface area contributed by atoms with Crippen LogP contribution in [-0.2, 0) is 0 Å². The van der Waals surface area contributed by atoms with Gasteiger partial charge in [-0.25, -0.2) is 0 Å². The molecule has 0 heterocycles. The molecule has 1 rings (SSSR count). The number of hydrogen-bond donors (Lipinski definition) is 0. The largest absolute Gasteiger partial charge is 0.0692 e. The standard InChI is InChI=1S/C8H17Si/c1-9(2,3)8-6-4-5-7-8/h8H,1,4-7H2,2-3H3. The number of rotatable bonds is 1. The van der Waals surface area contributed by atoms with Crippen LogP contribution in [0.2, 0.25) is 18.6 Å². The molecule has 1 saturated carbocycles. The Labute approximate surface area is 59.7 Å². The Morgan fingerprint density at radius 2 is 1.67 bits per heavy atom. The van der Waals surface area contributed by atoms with Gasteiger partial charge in [0, 0.05) is 0 Å². The molecule has 0 atom stereocenters. The first-order valence-electron chi connectivity index (χ1n) is 3.96. The van der Waals surface area contributed by atoms with Crippen LogP contribution < -0.4 is 0 Å². The summed E-state index contributed by atoms with van der Waals surface area (Å²) in [6.45, 7) is 9.08. The monoisotopic (exact) mass is 141 g/mol. The lowest BCUT2D eigenvalue weighted by Gasteiger charge is -2.23. The first kappa shape index (κ1) is 7.33. The van der Waals surface area contributed by atoms with Gasteiger partial charge in [-0.3, -0.25) is 0 Å². The van der Waals surface area contributed by atoms with E-state index in [0.717, 1.165) is 5.54 Å². The SMILES string of the molecule is [CH2][Si](C)(C)C1CCCC1. The average molecular weight is 141 g/mol. The van der Waals surface area contributed by atoms with E-state index < -0.39 is 8.07 Å². The molecule has 0 aromatic heterocycles. The fourth-order valence-electron chi connectivity index (χ4n) is 1.71. The van der Waals surface area contributed by atoms with Crippen LogP contribution in [0.1, 0.15) is 25.7 Å². The van der Waals surface area contributed by atoms with Gasteiger partial charge in [-0.05, 0) is 5.54 Å². The van der Waals surface area contributed by atoms with Crippen molar-refractivity contribution in [1.82, 2.24) is 0 Å². The maximum absolute atomic E-state index is 4.29. The van der Waals surface area contributed by atoms with Crippen molar-refractivity contribution in [1.29, 1.82) is 0 Å². The fourth-order valence-corrected chi connectivity index (χ4v) is 3.68. The van der Waals surface area contributed by atoms with Crippen molar-refractivity contribution in [2.75, 3.05) is 0 Å². The molecule has 1 fully saturated rings. The van der Waals surface area contributed by atoms with Crippen molar-refractivity contribution in [3.8, 4) is 0 Å². The number of hydrogen-bond acceptors (Lipinski definition) is 0. The second-order valence-corrected chi connectivity index (χ2v) is 8.76. The summed E-state index contributed by atoms with van der Waals surface area (Å²) < 4.78 is 0. The van der Waals surface area contributed by atoms with Crippen molar-refractivity contribution in [3.63, 3.8) is 0 Å². The second kappa shape index (κ2) is 2.45. The average Bonchev–Trinajstić information content (AvgIpc) is 2.08. The minimum absolute atomic E-state index is 0.974. The lowest BCUT2D eigenvalue weighted by atomic mass is 10.4. The first-order valence-corrected chi connectivity index (χ1v) is 7.24. The minimum atomic E-state index is -0.974. The molecule has 0 nitrogen and oxygen atoms in total. The van der Waals surface area contributed by atoms with Crippen LogP contribution in [0.25, 0.3) is 0 Å². The molecular formula is C8H17Si. The Kier molecular flexibility index (Phi) is 1.99.